The van der Waals surface area contributed by atoms with Gasteiger partial charge in [-0.1, -0.05) is 53.9 Å². The van der Waals surface area contributed by atoms with Crippen LogP contribution in [-0.2, 0) is 30.1 Å². The van der Waals surface area contributed by atoms with E-state index in [0.29, 0.717) is 60.6 Å². The number of likely N-dealkylation sites (N-methyl/N-ethyl adjacent to an activating group) is 1. The summed E-state index contributed by atoms with van der Waals surface area (Å²) in [4.78, 5) is 36.8. The van der Waals surface area contributed by atoms with Crippen molar-refractivity contribution in [1.29, 1.82) is 0 Å². The van der Waals surface area contributed by atoms with Crippen molar-refractivity contribution in [2.75, 3.05) is 73.7 Å². The largest absolute Gasteiger partial charge is 0.495 e. The Hall–Kier alpha value is -3.47. The molecule has 3 aliphatic heterocycles. The first kappa shape index (κ1) is 40.2. The van der Waals surface area contributed by atoms with E-state index in [-0.39, 0.29) is 35.6 Å². The maximum atomic E-state index is 15.4. The number of amides is 2. The van der Waals surface area contributed by atoms with E-state index >= 15 is 4.79 Å². The van der Waals surface area contributed by atoms with Gasteiger partial charge in [0.05, 0.1) is 39.5 Å². The van der Waals surface area contributed by atoms with Gasteiger partial charge in [-0.15, -0.1) is 0 Å². The van der Waals surface area contributed by atoms with Crippen molar-refractivity contribution >= 4 is 45.0 Å². The van der Waals surface area contributed by atoms with E-state index in [1.165, 1.54) is 29.7 Å². The number of carbonyl (C=O) groups is 2. The molecule has 3 heterocycles. The van der Waals surface area contributed by atoms with Crippen LogP contribution in [0, 0.1) is 0 Å². The number of nitrogens with zero attached hydrogens (tertiary/aromatic N) is 4. The van der Waals surface area contributed by atoms with Gasteiger partial charge >= 0.3 is 0 Å². The average molecular weight is 804 g/mol. The van der Waals surface area contributed by atoms with E-state index in [2.05, 4.69) is 10.6 Å². The molecule has 2 amide bonds. The number of benzene rings is 3. The molecule has 0 spiro atoms. The molecule has 0 aromatic heterocycles. The van der Waals surface area contributed by atoms with Crippen LogP contribution >= 0.6 is 23.2 Å². The highest BCUT2D eigenvalue weighted by Gasteiger charge is 2.55. The standard InChI is InChI=1S/C38H48Cl2N6O7S/c1-5-53-31-24-32(51-3)33(54(49,50)46-17-7-6-8-18-46)23-30(31)38(37(48)45-21-19-44(20-22-45)25-34(47)43(2)52-4)41-35(26-9-13-28(39)14-10-26)36(42-38)27-11-15-29(40)16-12-27/h9-16,23-24,35-36,41-42H,5-8,17-22,25H2,1-4H3/t35-,36+,38?. The van der Waals surface area contributed by atoms with Crippen molar-refractivity contribution in [3.8, 4) is 11.5 Å². The normalized spacial score (nSPS) is 22.6. The molecule has 0 aliphatic carbocycles. The summed E-state index contributed by atoms with van der Waals surface area (Å²) in [5, 5.41) is 9.66. The van der Waals surface area contributed by atoms with Crippen molar-refractivity contribution in [2.24, 2.45) is 0 Å². The average Bonchev–Trinajstić information content (AvgIpc) is 3.60. The number of halogens is 2. The third-order valence-electron chi connectivity index (χ3n) is 10.4. The predicted molar refractivity (Wildman–Crippen MR) is 206 cm³/mol. The summed E-state index contributed by atoms with van der Waals surface area (Å²) in [5.41, 5.74) is 0.297. The lowest BCUT2D eigenvalue weighted by atomic mass is 9.95. The molecule has 0 radical (unpaired) electrons. The van der Waals surface area contributed by atoms with E-state index < -0.39 is 27.8 Å². The van der Waals surface area contributed by atoms with E-state index in [1.807, 2.05) is 36.1 Å². The third-order valence-corrected chi connectivity index (χ3v) is 12.8. The highest BCUT2D eigenvalue weighted by atomic mass is 35.5. The second-order valence-electron chi connectivity index (χ2n) is 13.6. The Kier molecular flexibility index (Phi) is 12.7. The summed E-state index contributed by atoms with van der Waals surface area (Å²) in [6.07, 6.45) is 2.45. The van der Waals surface area contributed by atoms with Gasteiger partial charge in [0.2, 0.25) is 10.0 Å². The summed E-state index contributed by atoms with van der Waals surface area (Å²) in [5.74, 6) is -0.119. The smallest absolute Gasteiger partial charge is 0.262 e. The molecule has 292 valence electrons. The molecule has 3 aromatic carbocycles. The van der Waals surface area contributed by atoms with Crippen LogP contribution in [0.2, 0.25) is 10.0 Å². The molecular formula is C38H48Cl2N6O7S. The minimum absolute atomic E-state index is 0.0512. The number of hydrogen-bond acceptors (Lipinski definition) is 10. The van der Waals surface area contributed by atoms with Crippen molar-refractivity contribution in [3.63, 3.8) is 0 Å². The minimum Gasteiger partial charge on any atom is -0.495 e. The maximum absolute atomic E-state index is 15.4. The van der Waals surface area contributed by atoms with Crippen molar-refractivity contribution < 1.29 is 32.3 Å². The first-order valence-electron chi connectivity index (χ1n) is 18.2. The molecule has 1 unspecified atom stereocenters. The number of hydrogen-bond donors (Lipinski definition) is 2. The van der Waals surface area contributed by atoms with Crippen LogP contribution in [0.5, 0.6) is 11.5 Å². The molecule has 16 heteroatoms. The van der Waals surface area contributed by atoms with E-state index in [1.54, 1.807) is 42.3 Å². The van der Waals surface area contributed by atoms with Crippen LogP contribution in [0.15, 0.2) is 65.6 Å². The Labute approximate surface area is 327 Å². The number of carbonyl (C=O) groups excluding carboxylic acids is 2. The lowest BCUT2D eigenvalue weighted by Crippen LogP contribution is -2.62. The Balaban J connectivity index is 1.50. The number of ether oxygens (including phenoxy) is 2. The molecular weight excluding hydrogens is 755 g/mol. The molecule has 13 nitrogen and oxygen atoms in total. The molecule has 0 saturated carbocycles. The van der Waals surface area contributed by atoms with Gasteiger partial charge < -0.3 is 14.4 Å². The lowest BCUT2D eigenvalue weighted by molar-refractivity contribution is -0.170. The molecule has 3 aromatic rings. The molecule has 0 bridgehead atoms. The topological polar surface area (TPSA) is 133 Å². The zero-order chi connectivity index (χ0) is 38.6. The molecule has 2 N–H and O–H groups in total. The van der Waals surface area contributed by atoms with Gasteiger partial charge in [-0.2, -0.15) is 4.31 Å². The summed E-state index contributed by atoms with van der Waals surface area (Å²) >= 11 is 12.7. The monoisotopic (exact) mass is 802 g/mol. The van der Waals surface area contributed by atoms with Crippen molar-refractivity contribution in [1.82, 2.24) is 29.8 Å². The molecule has 3 atom stereocenters. The Bertz CT molecular complexity index is 1850. The fourth-order valence-electron chi connectivity index (χ4n) is 7.41. The van der Waals surface area contributed by atoms with Crippen molar-refractivity contribution in [2.45, 2.75) is 48.8 Å². The maximum Gasteiger partial charge on any atom is 0.262 e. The van der Waals surface area contributed by atoms with Gasteiger partial charge in [0.15, 0.2) is 5.66 Å². The minimum atomic E-state index is -4.04. The van der Waals surface area contributed by atoms with Gasteiger partial charge in [0.25, 0.3) is 11.8 Å². The number of piperidine rings is 1. The first-order chi connectivity index (χ1) is 25.9. The molecule has 6 rings (SSSR count). The highest BCUT2D eigenvalue weighted by molar-refractivity contribution is 7.89. The van der Waals surface area contributed by atoms with E-state index in [9.17, 15) is 13.2 Å². The summed E-state index contributed by atoms with van der Waals surface area (Å²) in [6.45, 7) is 4.46. The van der Waals surface area contributed by atoms with Gasteiger partial charge in [-0.3, -0.25) is 30.0 Å². The number of sulfonamides is 1. The third kappa shape index (κ3) is 8.21. The van der Waals surface area contributed by atoms with Crippen LogP contribution < -0.4 is 20.1 Å². The Morgan fingerprint density at radius 2 is 1.39 bits per heavy atom. The second-order valence-corrected chi connectivity index (χ2v) is 16.4. The Morgan fingerprint density at radius 1 is 0.833 bits per heavy atom. The molecule has 3 fully saturated rings. The first-order valence-corrected chi connectivity index (χ1v) is 20.4. The van der Waals surface area contributed by atoms with Gasteiger partial charge in [0, 0.05) is 68.0 Å². The summed E-state index contributed by atoms with van der Waals surface area (Å²) in [6, 6.07) is 16.9. The van der Waals surface area contributed by atoms with Crippen LogP contribution in [0.4, 0.5) is 0 Å². The number of rotatable bonds is 12. The fraction of sp³-hybridized carbons (Fsp3) is 0.474. The van der Waals surface area contributed by atoms with Crippen LogP contribution in [-0.4, -0.2) is 113 Å². The van der Waals surface area contributed by atoms with Crippen LogP contribution in [0.3, 0.4) is 0 Å². The fourth-order valence-corrected chi connectivity index (χ4v) is 9.35. The SMILES string of the molecule is CCOc1cc(OC)c(S(=O)(=O)N2CCCCC2)cc1C1(C(=O)N2CCN(CC(=O)N(C)OC)CC2)N[C@H](c2ccc(Cl)cc2)[C@H](c2ccc(Cl)cc2)N1. The van der Waals surface area contributed by atoms with Crippen LogP contribution in [0.1, 0.15) is 55.0 Å². The Morgan fingerprint density at radius 3 is 1.89 bits per heavy atom. The zero-order valence-electron chi connectivity index (χ0n) is 31.0. The van der Waals surface area contributed by atoms with Gasteiger partial charge in [0.1, 0.15) is 16.4 Å². The number of hydroxylamine groups is 2. The van der Waals surface area contributed by atoms with Crippen molar-refractivity contribution in [3.05, 3.63) is 87.4 Å². The number of methoxy groups -OCH3 is 1. The van der Waals surface area contributed by atoms with Gasteiger partial charge in [-0.25, -0.2) is 13.5 Å². The molecule has 54 heavy (non-hydrogen) atoms. The summed E-state index contributed by atoms with van der Waals surface area (Å²) < 4.78 is 42.3. The quantitative estimate of drug-likeness (QED) is 0.251. The van der Waals surface area contributed by atoms with Crippen LogP contribution in [0.25, 0.3) is 0 Å². The summed E-state index contributed by atoms with van der Waals surface area (Å²) in [7, 11) is 0.372. The highest BCUT2D eigenvalue weighted by Crippen LogP contribution is 2.47. The number of nitrogens with one attached hydrogen (secondary N) is 2. The van der Waals surface area contributed by atoms with E-state index in [4.69, 9.17) is 37.5 Å². The zero-order valence-corrected chi connectivity index (χ0v) is 33.3. The van der Waals surface area contributed by atoms with E-state index in [0.717, 1.165) is 30.4 Å². The molecule has 3 aliphatic rings. The number of piperazine rings is 1. The second kappa shape index (κ2) is 17.1. The van der Waals surface area contributed by atoms with Gasteiger partial charge in [-0.05, 0) is 61.2 Å². The molecule has 3 saturated heterocycles. The lowest BCUT2D eigenvalue weighted by Gasteiger charge is -2.41. The predicted octanol–water partition coefficient (Wildman–Crippen LogP) is 4.57.